The molecule has 0 aliphatic rings. The zero-order chi connectivity index (χ0) is 18.3. The second-order valence-corrected chi connectivity index (χ2v) is 13.1. The van der Waals surface area contributed by atoms with Crippen LogP contribution in [0, 0.1) is 0 Å². The zero-order valence-electron chi connectivity index (χ0n) is 14.6. The first-order valence-electron chi connectivity index (χ1n) is 8.69. The van der Waals surface area contributed by atoms with Gasteiger partial charge in [0.15, 0.2) is 0 Å². The molecular weight excluding hydrogens is 525 g/mol. The molecule has 4 rings (SSSR count). The molecule has 0 bridgehead atoms. The second-order valence-electron chi connectivity index (χ2n) is 5.89. The molecule has 27 heavy (non-hydrogen) atoms. The van der Waals surface area contributed by atoms with Crippen molar-refractivity contribution >= 4 is 71.6 Å². The van der Waals surface area contributed by atoms with Gasteiger partial charge in [-0.25, -0.2) is 0 Å². The van der Waals surface area contributed by atoms with Gasteiger partial charge < -0.3 is 0 Å². The normalized spacial score (nSPS) is 10.7. The fourth-order valence-corrected chi connectivity index (χ4v) is 9.63. The first-order valence-corrected chi connectivity index (χ1v) is 13.8. The summed E-state index contributed by atoms with van der Waals surface area (Å²) < 4.78 is 8.76. The van der Waals surface area contributed by atoms with E-state index in [1.165, 1.54) is 26.8 Å². The van der Waals surface area contributed by atoms with Gasteiger partial charge in [0, 0.05) is 0 Å². The summed E-state index contributed by atoms with van der Waals surface area (Å²) in [6, 6.07) is 39.9. The van der Waals surface area contributed by atoms with Crippen molar-refractivity contribution in [1.82, 2.24) is 0 Å². The molecule has 0 amide bonds. The fourth-order valence-electron chi connectivity index (χ4n) is 2.60. The van der Waals surface area contributed by atoms with E-state index in [4.69, 9.17) is 0 Å². The molecule has 0 N–H and O–H groups in total. The van der Waals surface area contributed by atoms with Gasteiger partial charge in [0.05, 0.1) is 0 Å². The molecule has 3 heteroatoms. The molecule has 0 fully saturated rings. The molecule has 4 aromatic rings. The predicted octanol–water partition coefficient (Wildman–Crippen LogP) is 0.652. The van der Waals surface area contributed by atoms with Crippen LogP contribution >= 0.6 is 0 Å². The number of benzene rings is 4. The van der Waals surface area contributed by atoms with Crippen molar-refractivity contribution in [2.24, 2.45) is 0 Å². The summed E-state index contributed by atoms with van der Waals surface area (Å²) in [6.45, 7) is 0. The van der Waals surface area contributed by atoms with Gasteiger partial charge in [-0.1, -0.05) is 0 Å². The molecule has 0 aliphatic carbocycles. The Labute approximate surface area is 179 Å². The minimum absolute atomic E-state index is 0.353. The van der Waals surface area contributed by atoms with Crippen LogP contribution in [0.15, 0.2) is 109 Å². The Balaban J connectivity index is 1.64. The molecule has 132 valence electrons. The van der Waals surface area contributed by atoms with Gasteiger partial charge in [-0.2, -0.15) is 0 Å². The summed E-state index contributed by atoms with van der Waals surface area (Å²) in [4.78, 5) is 0. The third-order valence-corrected chi connectivity index (χ3v) is 9.95. The van der Waals surface area contributed by atoms with Crippen molar-refractivity contribution in [1.29, 1.82) is 0 Å². The Hall–Kier alpha value is -1.56. The van der Waals surface area contributed by atoms with Crippen LogP contribution in [0.4, 0.5) is 0 Å². The summed E-state index contributed by atoms with van der Waals surface area (Å²) >= 11 is 1.06. The Morgan fingerprint density at radius 1 is 0.296 bits per heavy atom. The van der Waals surface area contributed by atoms with E-state index in [2.05, 4.69) is 109 Å². The van der Waals surface area contributed by atoms with Crippen LogP contribution in [0.3, 0.4) is 0 Å². The molecule has 0 saturated carbocycles. The van der Waals surface area contributed by atoms with Crippen LogP contribution in [-0.4, -0.2) is 44.9 Å². The second kappa shape index (κ2) is 9.58. The predicted molar refractivity (Wildman–Crippen MR) is 121 cm³/mol. The van der Waals surface area contributed by atoms with Crippen LogP contribution in [0.2, 0.25) is 0 Å². The Kier molecular flexibility index (Phi) is 6.66. The van der Waals surface area contributed by atoms with Gasteiger partial charge in [0.2, 0.25) is 0 Å². The van der Waals surface area contributed by atoms with Gasteiger partial charge >= 0.3 is 181 Å². The van der Waals surface area contributed by atoms with Gasteiger partial charge in [0.1, 0.15) is 0 Å². The molecule has 0 saturated heterocycles. The van der Waals surface area contributed by atoms with Crippen LogP contribution in [0.1, 0.15) is 0 Å². The van der Waals surface area contributed by atoms with Crippen molar-refractivity contribution in [3.8, 4) is 0 Å². The van der Waals surface area contributed by atoms with E-state index in [1.54, 1.807) is 0 Å². The van der Waals surface area contributed by atoms with Crippen LogP contribution in [0.25, 0.3) is 0 Å². The summed E-state index contributed by atoms with van der Waals surface area (Å²) in [5.41, 5.74) is 0. The summed E-state index contributed by atoms with van der Waals surface area (Å²) in [7, 11) is 0. The van der Waals surface area contributed by atoms with Gasteiger partial charge in [0.25, 0.3) is 0 Å². The molecule has 0 atom stereocenters. The van der Waals surface area contributed by atoms with Gasteiger partial charge in [-0.15, -0.1) is 0 Å². The van der Waals surface area contributed by atoms with Crippen molar-refractivity contribution in [2.75, 3.05) is 0 Å². The SMILES string of the molecule is c1ccc([Se]c2cc([Se]c3ccccc3)cc([Se]c3ccccc3)c2)cc1. The molecule has 0 nitrogen and oxygen atoms in total. The average molecular weight is 543 g/mol. The topological polar surface area (TPSA) is 0 Å². The van der Waals surface area contributed by atoms with Crippen molar-refractivity contribution < 1.29 is 0 Å². The Morgan fingerprint density at radius 2 is 0.556 bits per heavy atom. The first kappa shape index (κ1) is 18.8. The number of rotatable bonds is 6. The molecule has 0 heterocycles. The monoisotopic (exact) mass is 546 g/mol. The quantitative estimate of drug-likeness (QED) is 0.314. The molecule has 0 unspecified atom stereocenters. The fraction of sp³-hybridized carbons (Fsp3) is 0. The zero-order valence-corrected chi connectivity index (χ0v) is 19.8. The minimum atomic E-state index is 0.353. The van der Waals surface area contributed by atoms with Crippen molar-refractivity contribution in [3.05, 3.63) is 109 Å². The van der Waals surface area contributed by atoms with E-state index in [0.717, 1.165) is 0 Å². The first-order chi connectivity index (χ1) is 13.3. The third-order valence-electron chi connectivity index (χ3n) is 3.79. The van der Waals surface area contributed by atoms with Crippen molar-refractivity contribution in [3.63, 3.8) is 0 Å². The van der Waals surface area contributed by atoms with E-state index in [0.29, 0.717) is 44.9 Å². The summed E-state index contributed by atoms with van der Waals surface area (Å²) in [5, 5.41) is 0. The van der Waals surface area contributed by atoms with Crippen molar-refractivity contribution in [2.45, 2.75) is 0 Å². The molecular formula is C24H18Se3. The summed E-state index contributed by atoms with van der Waals surface area (Å²) in [6.07, 6.45) is 0. The van der Waals surface area contributed by atoms with E-state index in [9.17, 15) is 0 Å². The van der Waals surface area contributed by atoms with Crippen LogP contribution in [0.5, 0.6) is 0 Å². The Morgan fingerprint density at radius 3 is 0.815 bits per heavy atom. The number of hydrogen-bond donors (Lipinski definition) is 0. The maximum atomic E-state index is 2.44. The number of hydrogen-bond acceptors (Lipinski definition) is 0. The van der Waals surface area contributed by atoms with Gasteiger partial charge in [-0.05, 0) is 0 Å². The van der Waals surface area contributed by atoms with Gasteiger partial charge in [-0.3, -0.25) is 0 Å². The molecule has 0 spiro atoms. The Bertz CT molecular complexity index is 839. The van der Waals surface area contributed by atoms with Crippen LogP contribution < -0.4 is 26.8 Å². The van der Waals surface area contributed by atoms with Crippen LogP contribution in [-0.2, 0) is 0 Å². The van der Waals surface area contributed by atoms with E-state index in [-0.39, 0.29) is 0 Å². The molecule has 0 radical (unpaired) electrons. The van der Waals surface area contributed by atoms with E-state index < -0.39 is 0 Å². The van der Waals surface area contributed by atoms with E-state index >= 15 is 0 Å². The third kappa shape index (κ3) is 5.71. The molecule has 4 aromatic carbocycles. The maximum absolute atomic E-state index is 2.44. The summed E-state index contributed by atoms with van der Waals surface area (Å²) in [5.74, 6) is 0. The molecule has 0 aliphatic heterocycles. The average Bonchev–Trinajstić information content (AvgIpc) is 2.70. The standard InChI is InChI=1S/C24H18Se3/c1-4-10-19(11-5-1)25-22-16-23(26-20-12-6-2-7-13-20)18-24(17-22)27-21-14-8-3-9-15-21/h1-18H. The molecule has 0 aromatic heterocycles. The van der Waals surface area contributed by atoms with E-state index in [1.807, 2.05) is 0 Å².